The second-order valence-corrected chi connectivity index (χ2v) is 5.67. The van der Waals surface area contributed by atoms with Crippen LogP contribution >= 0.6 is 12.2 Å². The smallest absolute Gasteiger partial charge is 0.259 e. The van der Waals surface area contributed by atoms with E-state index in [1.807, 2.05) is 36.4 Å². The first-order chi connectivity index (χ1) is 11.7. The van der Waals surface area contributed by atoms with Crippen LogP contribution in [0.15, 0.2) is 65.6 Å². The monoisotopic (exact) mass is 332 g/mol. The second-order valence-electron chi connectivity index (χ2n) is 5.27. The highest BCUT2D eigenvalue weighted by molar-refractivity contribution is 7.81. The molecule has 2 aromatic carbocycles. The quantitative estimate of drug-likeness (QED) is 0.551. The minimum atomic E-state index is -0.212. The van der Waals surface area contributed by atoms with Crippen molar-refractivity contribution in [2.24, 2.45) is 0 Å². The molecule has 0 aliphatic carbocycles. The standard InChI is InChI=1S/C18H12N4OS/c23-17-12-7-1-2-8-13(12)20-16(22-17)18(24)21-14-9-3-5-11-6-4-10-19-15(11)14/h1-10H,(H,21,24)(H,20,22,23). The predicted octanol–water partition coefficient (Wildman–Crippen LogP) is 3.26. The van der Waals surface area contributed by atoms with Gasteiger partial charge >= 0.3 is 0 Å². The van der Waals surface area contributed by atoms with Crippen molar-refractivity contribution in [3.63, 3.8) is 0 Å². The number of fused-ring (bicyclic) bond motifs is 2. The lowest BCUT2D eigenvalue weighted by molar-refractivity contribution is 1.14. The van der Waals surface area contributed by atoms with E-state index in [2.05, 4.69) is 20.3 Å². The summed E-state index contributed by atoms with van der Waals surface area (Å²) in [7, 11) is 0. The van der Waals surface area contributed by atoms with Gasteiger partial charge in [0.2, 0.25) is 0 Å². The van der Waals surface area contributed by atoms with Crippen molar-refractivity contribution in [1.29, 1.82) is 0 Å². The van der Waals surface area contributed by atoms with Gasteiger partial charge in [0, 0.05) is 11.6 Å². The Bertz CT molecular complexity index is 1130. The number of nitrogens with one attached hydrogen (secondary N) is 2. The van der Waals surface area contributed by atoms with Crippen molar-refractivity contribution in [2.45, 2.75) is 0 Å². The lowest BCUT2D eigenvalue weighted by Crippen LogP contribution is -2.20. The number of H-pyrrole nitrogens is 1. The molecule has 4 rings (SSSR count). The van der Waals surface area contributed by atoms with Crippen LogP contribution in [-0.4, -0.2) is 19.9 Å². The van der Waals surface area contributed by atoms with Gasteiger partial charge in [0.05, 0.1) is 22.1 Å². The molecule has 0 aliphatic heterocycles. The molecule has 0 fully saturated rings. The van der Waals surface area contributed by atoms with Crippen molar-refractivity contribution in [3.8, 4) is 0 Å². The maximum absolute atomic E-state index is 12.2. The van der Waals surface area contributed by atoms with E-state index in [9.17, 15) is 4.79 Å². The largest absolute Gasteiger partial charge is 0.342 e. The molecule has 0 atom stereocenters. The third kappa shape index (κ3) is 2.53. The highest BCUT2D eigenvalue weighted by Gasteiger charge is 2.10. The number of thiocarbonyl (C=S) groups is 1. The molecule has 0 spiro atoms. The third-order valence-electron chi connectivity index (χ3n) is 3.71. The number of aromatic amines is 1. The second kappa shape index (κ2) is 5.82. The van der Waals surface area contributed by atoms with Gasteiger partial charge in [0.15, 0.2) is 5.82 Å². The van der Waals surface area contributed by atoms with Crippen LogP contribution in [0.5, 0.6) is 0 Å². The topological polar surface area (TPSA) is 70.7 Å². The van der Waals surface area contributed by atoms with E-state index in [0.717, 1.165) is 16.6 Å². The van der Waals surface area contributed by atoms with E-state index in [1.54, 1.807) is 24.4 Å². The summed E-state index contributed by atoms with van der Waals surface area (Å²) in [4.78, 5) is 24.1. The summed E-state index contributed by atoms with van der Waals surface area (Å²) in [6.07, 6.45) is 1.73. The molecule has 6 heteroatoms. The zero-order valence-corrected chi connectivity index (χ0v) is 13.3. The Morgan fingerprint density at radius 2 is 1.88 bits per heavy atom. The summed E-state index contributed by atoms with van der Waals surface area (Å²) >= 11 is 5.42. The van der Waals surface area contributed by atoms with Crippen molar-refractivity contribution >= 4 is 44.7 Å². The third-order valence-corrected chi connectivity index (χ3v) is 4.00. The number of hydrogen-bond acceptors (Lipinski definition) is 4. The lowest BCUT2D eigenvalue weighted by atomic mass is 10.2. The molecule has 0 aliphatic rings. The van der Waals surface area contributed by atoms with Crippen LogP contribution in [0.4, 0.5) is 5.69 Å². The van der Waals surface area contributed by atoms with Crippen LogP contribution in [0.25, 0.3) is 21.8 Å². The Kier molecular flexibility index (Phi) is 3.51. The molecule has 0 saturated carbocycles. The van der Waals surface area contributed by atoms with Crippen molar-refractivity contribution in [2.75, 3.05) is 5.32 Å². The van der Waals surface area contributed by atoms with E-state index in [4.69, 9.17) is 12.2 Å². The van der Waals surface area contributed by atoms with Crippen LogP contribution in [0.2, 0.25) is 0 Å². The van der Waals surface area contributed by atoms with E-state index in [1.165, 1.54) is 0 Å². The maximum Gasteiger partial charge on any atom is 0.259 e. The molecule has 116 valence electrons. The van der Waals surface area contributed by atoms with Gasteiger partial charge in [0.25, 0.3) is 5.56 Å². The number of rotatable bonds is 2. The molecule has 5 nitrogen and oxygen atoms in total. The number of pyridine rings is 1. The number of nitrogens with zero attached hydrogens (tertiary/aromatic N) is 2. The highest BCUT2D eigenvalue weighted by atomic mass is 32.1. The molecule has 4 aromatic rings. The Labute approximate surface area is 142 Å². The summed E-state index contributed by atoms with van der Waals surface area (Å²) < 4.78 is 0. The van der Waals surface area contributed by atoms with Crippen molar-refractivity contribution in [1.82, 2.24) is 15.0 Å². The van der Waals surface area contributed by atoms with Crippen LogP contribution in [0.3, 0.4) is 0 Å². The van der Waals surface area contributed by atoms with Crippen LogP contribution in [0, 0.1) is 0 Å². The molecular weight excluding hydrogens is 320 g/mol. The molecule has 0 amide bonds. The summed E-state index contributed by atoms with van der Waals surface area (Å²) in [6, 6.07) is 16.8. The fourth-order valence-electron chi connectivity index (χ4n) is 2.58. The zero-order chi connectivity index (χ0) is 16.5. The number of para-hydroxylation sites is 2. The molecule has 0 bridgehead atoms. The van der Waals surface area contributed by atoms with E-state index in [-0.39, 0.29) is 5.56 Å². The first-order valence-electron chi connectivity index (χ1n) is 7.36. The highest BCUT2D eigenvalue weighted by Crippen LogP contribution is 2.21. The fraction of sp³-hybridized carbons (Fsp3) is 0. The fourth-order valence-corrected chi connectivity index (χ4v) is 2.79. The van der Waals surface area contributed by atoms with Gasteiger partial charge < -0.3 is 10.3 Å². The Hall–Kier alpha value is -3.12. The molecule has 2 heterocycles. The van der Waals surface area contributed by atoms with Gasteiger partial charge in [-0.25, -0.2) is 4.98 Å². The Morgan fingerprint density at radius 3 is 2.79 bits per heavy atom. The first kappa shape index (κ1) is 14.5. The molecular formula is C18H12N4OS. The van der Waals surface area contributed by atoms with Gasteiger partial charge in [-0.15, -0.1) is 0 Å². The van der Waals surface area contributed by atoms with E-state index in [0.29, 0.717) is 21.7 Å². The van der Waals surface area contributed by atoms with E-state index >= 15 is 0 Å². The summed E-state index contributed by atoms with van der Waals surface area (Å²) in [5.74, 6) is 0.335. The van der Waals surface area contributed by atoms with Crippen LogP contribution in [0.1, 0.15) is 5.82 Å². The summed E-state index contributed by atoms with van der Waals surface area (Å²) in [6.45, 7) is 0. The molecule has 2 N–H and O–H groups in total. The molecule has 24 heavy (non-hydrogen) atoms. The van der Waals surface area contributed by atoms with Crippen LogP contribution in [-0.2, 0) is 0 Å². The Balaban J connectivity index is 1.75. The van der Waals surface area contributed by atoms with E-state index < -0.39 is 0 Å². The number of benzene rings is 2. The molecule has 0 saturated heterocycles. The first-order valence-corrected chi connectivity index (χ1v) is 7.77. The van der Waals surface area contributed by atoms with Gasteiger partial charge in [-0.05, 0) is 24.3 Å². The predicted molar refractivity (Wildman–Crippen MR) is 99.4 cm³/mol. The number of anilines is 1. The lowest BCUT2D eigenvalue weighted by Gasteiger charge is -2.10. The van der Waals surface area contributed by atoms with Gasteiger partial charge in [0.1, 0.15) is 4.99 Å². The van der Waals surface area contributed by atoms with Crippen molar-refractivity contribution < 1.29 is 0 Å². The maximum atomic E-state index is 12.2. The van der Waals surface area contributed by atoms with Gasteiger partial charge in [-0.1, -0.05) is 42.5 Å². The summed E-state index contributed by atoms with van der Waals surface area (Å²) in [5.41, 5.74) is 1.98. The van der Waals surface area contributed by atoms with Crippen molar-refractivity contribution in [3.05, 3.63) is 77.0 Å². The SMILES string of the molecule is O=c1[nH]c(C(=S)Nc2cccc3cccnc23)nc2ccccc12. The molecule has 0 radical (unpaired) electrons. The zero-order valence-electron chi connectivity index (χ0n) is 12.5. The van der Waals surface area contributed by atoms with Crippen LogP contribution < -0.4 is 10.9 Å². The number of aromatic nitrogens is 3. The number of hydrogen-bond donors (Lipinski definition) is 2. The normalized spacial score (nSPS) is 10.8. The minimum Gasteiger partial charge on any atom is -0.342 e. The van der Waals surface area contributed by atoms with Gasteiger partial charge in [-0.2, -0.15) is 0 Å². The molecule has 2 aromatic heterocycles. The van der Waals surface area contributed by atoms with Gasteiger partial charge in [-0.3, -0.25) is 9.78 Å². The summed E-state index contributed by atoms with van der Waals surface area (Å²) in [5, 5.41) is 4.67. The average Bonchev–Trinajstić information content (AvgIpc) is 2.62. The minimum absolute atomic E-state index is 0.212. The molecule has 0 unspecified atom stereocenters. The average molecular weight is 332 g/mol. The Morgan fingerprint density at radius 1 is 1.04 bits per heavy atom.